The second kappa shape index (κ2) is 8.90. The van der Waals surface area contributed by atoms with Gasteiger partial charge in [0.15, 0.2) is 8.32 Å². The van der Waals surface area contributed by atoms with E-state index in [0.29, 0.717) is 11.1 Å². The van der Waals surface area contributed by atoms with Gasteiger partial charge in [0.1, 0.15) is 11.9 Å². The molecule has 0 spiro atoms. The predicted octanol–water partition coefficient (Wildman–Crippen LogP) is 7.05. The Morgan fingerprint density at radius 2 is 1.88 bits per heavy atom. The number of hydrogen-bond donors (Lipinski definition) is 0. The molecule has 0 bridgehead atoms. The van der Waals surface area contributed by atoms with Gasteiger partial charge in [-0.25, -0.2) is 9.18 Å². The minimum Gasteiger partial charge on any atom is -0.458 e. The Kier molecular flexibility index (Phi) is 6.52. The van der Waals surface area contributed by atoms with Gasteiger partial charge in [-0.05, 0) is 69.8 Å². The van der Waals surface area contributed by atoms with Crippen LogP contribution in [0.25, 0.3) is 6.08 Å². The maximum absolute atomic E-state index is 14.4. The SMILES string of the molecule is CC[Si](CC)(CC)O[C@]1(C)CCC2=C(C)CC[C@H]3/C(=C/c4ccccc4F)C(=O)O[C@@H]3[C@H]21. The fourth-order valence-electron chi connectivity index (χ4n) is 6.34. The number of halogens is 1. The maximum Gasteiger partial charge on any atom is 0.334 e. The molecule has 32 heavy (non-hydrogen) atoms. The molecule has 2 fully saturated rings. The third-order valence-corrected chi connectivity index (χ3v) is 13.3. The van der Waals surface area contributed by atoms with E-state index < -0.39 is 8.32 Å². The van der Waals surface area contributed by atoms with Gasteiger partial charge < -0.3 is 9.16 Å². The summed E-state index contributed by atoms with van der Waals surface area (Å²) in [6.07, 6.45) is 5.30. The number of allylic oxidation sites excluding steroid dienone is 1. The lowest BCUT2D eigenvalue weighted by molar-refractivity contribution is -0.143. The van der Waals surface area contributed by atoms with E-state index >= 15 is 0 Å². The standard InChI is InChI=1S/C27H37FO3Si/c1-6-32(7-2,8-3)31-27(5)16-15-20-18(4)13-14-21-22(26(29)30-25(21)24(20)27)17-19-11-9-10-12-23(19)28/h9-12,17,21,24-25H,6-8,13-16H2,1-5H3/b22-17-/t21-,24-,25-,27+/m0/s1. The smallest absolute Gasteiger partial charge is 0.334 e. The molecule has 1 aliphatic heterocycles. The fourth-order valence-corrected chi connectivity index (χ4v) is 9.49. The molecule has 1 heterocycles. The second-order valence-corrected chi connectivity index (χ2v) is 14.8. The zero-order valence-electron chi connectivity index (χ0n) is 20.2. The highest BCUT2D eigenvalue weighted by Gasteiger charge is 2.57. The molecule has 0 amide bonds. The van der Waals surface area contributed by atoms with Crippen molar-refractivity contribution in [3.05, 3.63) is 52.4 Å². The minimum absolute atomic E-state index is 0.0264. The number of esters is 1. The highest BCUT2D eigenvalue weighted by Crippen LogP contribution is 2.55. The summed E-state index contributed by atoms with van der Waals surface area (Å²) >= 11 is 0. The Labute approximate surface area is 193 Å². The molecule has 2 aliphatic carbocycles. The number of carbonyl (C=O) groups is 1. The van der Waals surface area contributed by atoms with E-state index in [2.05, 4.69) is 34.6 Å². The van der Waals surface area contributed by atoms with Crippen molar-refractivity contribution in [1.29, 1.82) is 0 Å². The summed E-state index contributed by atoms with van der Waals surface area (Å²) in [7, 11) is -1.84. The lowest BCUT2D eigenvalue weighted by Crippen LogP contribution is -2.51. The molecule has 1 aromatic rings. The van der Waals surface area contributed by atoms with Crippen molar-refractivity contribution < 1.29 is 18.3 Å². The Morgan fingerprint density at radius 1 is 1.19 bits per heavy atom. The highest BCUT2D eigenvalue weighted by molar-refractivity contribution is 6.73. The molecule has 0 radical (unpaired) electrons. The normalized spacial score (nSPS) is 31.5. The van der Waals surface area contributed by atoms with Gasteiger partial charge in [0.25, 0.3) is 0 Å². The molecule has 1 aromatic carbocycles. The molecule has 1 saturated carbocycles. The zero-order valence-corrected chi connectivity index (χ0v) is 21.2. The monoisotopic (exact) mass is 456 g/mol. The number of ether oxygens (including phenoxy) is 1. The first kappa shape index (κ1) is 23.4. The predicted molar refractivity (Wildman–Crippen MR) is 129 cm³/mol. The first-order chi connectivity index (χ1) is 15.3. The van der Waals surface area contributed by atoms with Gasteiger partial charge in [-0.3, -0.25) is 0 Å². The van der Waals surface area contributed by atoms with Crippen LogP contribution in [-0.2, 0) is 14.0 Å². The van der Waals surface area contributed by atoms with Gasteiger partial charge in [-0.15, -0.1) is 0 Å². The number of benzene rings is 1. The van der Waals surface area contributed by atoms with Crippen molar-refractivity contribution in [1.82, 2.24) is 0 Å². The van der Waals surface area contributed by atoms with E-state index in [1.54, 1.807) is 24.3 Å². The van der Waals surface area contributed by atoms with E-state index in [9.17, 15) is 9.18 Å². The molecule has 0 aromatic heterocycles. The van der Waals surface area contributed by atoms with Gasteiger partial charge in [0, 0.05) is 23.0 Å². The van der Waals surface area contributed by atoms with Crippen molar-refractivity contribution >= 4 is 20.4 Å². The molecule has 0 N–H and O–H groups in total. The van der Waals surface area contributed by atoms with Gasteiger partial charge in [0.05, 0.1) is 5.60 Å². The van der Waals surface area contributed by atoms with E-state index in [1.807, 2.05) is 0 Å². The molecule has 1 saturated heterocycles. The number of fused-ring (bicyclic) bond motifs is 3. The summed E-state index contributed by atoms with van der Waals surface area (Å²) < 4.78 is 27.6. The van der Waals surface area contributed by atoms with Crippen LogP contribution in [0, 0.1) is 17.7 Å². The van der Waals surface area contributed by atoms with Crippen molar-refractivity contribution in [3.8, 4) is 0 Å². The van der Waals surface area contributed by atoms with Gasteiger partial charge >= 0.3 is 5.97 Å². The van der Waals surface area contributed by atoms with Crippen LogP contribution < -0.4 is 0 Å². The first-order valence-electron chi connectivity index (χ1n) is 12.3. The van der Waals surface area contributed by atoms with Crippen molar-refractivity contribution in [2.24, 2.45) is 11.8 Å². The van der Waals surface area contributed by atoms with Crippen LogP contribution in [0.4, 0.5) is 4.39 Å². The molecule has 3 aliphatic rings. The lowest BCUT2D eigenvalue weighted by Gasteiger charge is -2.43. The summed E-state index contributed by atoms with van der Waals surface area (Å²) in [5.41, 5.74) is 3.62. The summed E-state index contributed by atoms with van der Waals surface area (Å²) in [5, 5.41) is 0. The summed E-state index contributed by atoms with van der Waals surface area (Å²) in [5.74, 6) is -0.538. The quantitative estimate of drug-likeness (QED) is 0.199. The highest BCUT2D eigenvalue weighted by atomic mass is 28.4. The van der Waals surface area contributed by atoms with Crippen molar-refractivity contribution in [2.75, 3.05) is 0 Å². The van der Waals surface area contributed by atoms with E-state index in [4.69, 9.17) is 9.16 Å². The van der Waals surface area contributed by atoms with Crippen LogP contribution in [0.15, 0.2) is 41.0 Å². The van der Waals surface area contributed by atoms with Crippen molar-refractivity contribution in [2.45, 2.75) is 90.1 Å². The van der Waals surface area contributed by atoms with Crippen LogP contribution in [0.1, 0.15) is 65.9 Å². The Hall–Kier alpha value is -1.72. The number of carbonyl (C=O) groups excluding carboxylic acids is 1. The second-order valence-electron chi connectivity index (χ2n) is 10.1. The Bertz CT molecular complexity index is 940. The first-order valence-corrected chi connectivity index (χ1v) is 14.9. The topological polar surface area (TPSA) is 35.5 Å². The minimum atomic E-state index is -1.84. The number of hydrogen-bond acceptors (Lipinski definition) is 3. The van der Waals surface area contributed by atoms with Gasteiger partial charge in [-0.1, -0.05) is 50.1 Å². The molecular formula is C27H37FO3Si. The summed E-state index contributed by atoms with van der Waals surface area (Å²) in [6.45, 7) is 11.3. The van der Waals surface area contributed by atoms with Crippen LogP contribution in [0.5, 0.6) is 0 Å². The van der Waals surface area contributed by atoms with Crippen molar-refractivity contribution in [3.63, 3.8) is 0 Å². The molecule has 5 heteroatoms. The van der Waals surface area contributed by atoms with E-state index in [1.165, 1.54) is 17.2 Å². The fraction of sp³-hybridized carbons (Fsp3) is 0.593. The Balaban J connectivity index is 1.74. The largest absolute Gasteiger partial charge is 0.458 e. The van der Waals surface area contributed by atoms with E-state index in [0.717, 1.165) is 43.8 Å². The average Bonchev–Trinajstić information content (AvgIpc) is 3.23. The molecule has 0 unspecified atom stereocenters. The van der Waals surface area contributed by atoms with E-state index in [-0.39, 0.29) is 35.3 Å². The molecule has 4 atom stereocenters. The van der Waals surface area contributed by atoms with Crippen LogP contribution >= 0.6 is 0 Å². The molecular weight excluding hydrogens is 419 g/mol. The van der Waals surface area contributed by atoms with Gasteiger partial charge in [-0.2, -0.15) is 0 Å². The summed E-state index contributed by atoms with van der Waals surface area (Å²) in [6, 6.07) is 9.95. The number of rotatable bonds is 6. The molecule has 4 rings (SSSR count). The summed E-state index contributed by atoms with van der Waals surface area (Å²) in [4.78, 5) is 13.0. The van der Waals surface area contributed by atoms with Crippen LogP contribution in [0.3, 0.4) is 0 Å². The van der Waals surface area contributed by atoms with Gasteiger partial charge in [0.2, 0.25) is 0 Å². The van der Waals surface area contributed by atoms with Crippen LogP contribution in [0.2, 0.25) is 18.1 Å². The van der Waals surface area contributed by atoms with Crippen LogP contribution in [-0.4, -0.2) is 26.0 Å². The zero-order chi connectivity index (χ0) is 23.1. The third kappa shape index (κ3) is 3.92. The maximum atomic E-state index is 14.4. The molecule has 174 valence electrons. The molecule has 3 nitrogen and oxygen atoms in total. The average molecular weight is 457 g/mol. The third-order valence-electron chi connectivity index (χ3n) is 8.50. The lowest BCUT2D eigenvalue weighted by atomic mass is 9.79. The Morgan fingerprint density at radius 3 is 2.53 bits per heavy atom.